The third-order valence-corrected chi connectivity index (χ3v) is 6.87. The standard InChI is InChI=1S/C18H26N4O5S/c1-19(18(24)25)16-13-21(12-15(16)14-6-4-3-5-7-14)17(23)20-8-10-22(11-9-20)28(2,26)27/h3-7,15-16H,8-13H2,1-2H3,(H,24,25). The van der Waals surface area contributed by atoms with Gasteiger partial charge in [-0.15, -0.1) is 0 Å². The maximum atomic E-state index is 13.0. The number of hydrogen-bond donors (Lipinski definition) is 1. The van der Waals surface area contributed by atoms with Gasteiger partial charge in [-0.1, -0.05) is 30.3 Å². The molecule has 3 rings (SSSR count). The molecule has 1 N–H and O–H groups in total. The van der Waals surface area contributed by atoms with Crippen LogP contribution in [0.1, 0.15) is 11.5 Å². The van der Waals surface area contributed by atoms with Crippen molar-refractivity contribution in [2.75, 3.05) is 52.6 Å². The summed E-state index contributed by atoms with van der Waals surface area (Å²) in [6.45, 7) is 1.96. The number of rotatable bonds is 3. The largest absolute Gasteiger partial charge is 0.465 e. The Balaban J connectivity index is 1.72. The minimum absolute atomic E-state index is 0.108. The van der Waals surface area contributed by atoms with Gasteiger partial charge in [-0.2, -0.15) is 4.31 Å². The Labute approximate surface area is 165 Å². The topological polar surface area (TPSA) is 101 Å². The number of benzene rings is 1. The van der Waals surface area contributed by atoms with Gasteiger partial charge in [-0.05, 0) is 5.56 Å². The molecule has 28 heavy (non-hydrogen) atoms. The highest BCUT2D eigenvalue weighted by atomic mass is 32.2. The molecule has 2 fully saturated rings. The van der Waals surface area contributed by atoms with Gasteiger partial charge in [-0.3, -0.25) is 0 Å². The number of likely N-dealkylation sites (N-methyl/N-ethyl adjacent to an activating group) is 1. The van der Waals surface area contributed by atoms with Crippen LogP contribution in [-0.2, 0) is 10.0 Å². The number of hydrogen-bond acceptors (Lipinski definition) is 4. The van der Waals surface area contributed by atoms with Crippen molar-refractivity contribution in [3.8, 4) is 0 Å². The van der Waals surface area contributed by atoms with Gasteiger partial charge in [-0.25, -0.2) is 18.0 Å². The fourth-order valence-corrected chi connectivity index (χ4v) is 4.74. The van der Waals surface area contributed by atoms with E-state index in [2.05, 4.69) is 0 Å². The molecule has 1 aromatic carbocycles. The summed E-state index contributed by atoms with van der Waals surface area (Å²) in [4.78, 5) is 29.1. The molecule has 2 aliphatic rings. The molecule has 3 amide bonds. The Morgan fingerprint density at radius 2 is 1.64 bits per heavy atom. The maximum absolute atomic E-state index is 13.0. The second kappa shape index (κ2) is 7.96. The lowest BCUT2D eigenvalue weighted by Gasteiger charge is -2.35. The predicted octanol–water partition coefficient (Wildman–Crippen LogP) is 0.761. The Bertz CT molecular complexity index is 824. The molecule has 1 aromatic rings. The highest BCUT2D eigenvalue weighted by molar-refractivity contribution is 7.88. The Hall–Kier alpha value is -2.33. The average Bonchev–Trinajstić information content (AvgIpc) is 3.12. The molecule has 2 atom stereocenters. The predicted molar refractivity (Wildman–Crippen MR) is 104 cm³/mol. The number of likely N-dealkylation sites (tertiary alicyclic amines) is 1. The molecule has 2 saturated heterocycles. The number of carbonyl (C=O) groups is 2. The van der Waals surface area contributed by atoms with Crippen LogP contribution in [0.2, 0.25) is 0 Å². The van der Waals surface area contributed by atoms with Gasteiger partial charge in [0.25, 0.3) is 0 Å². The molecule has 2 heterocycles. The number of carboxylic acid groups (broad SMARTS) is 1. The van der Waals surface area contributed by atoms with E-state index >= 15 is 0 Å². The molecule has 0 spiro atoms. The van der Waals surface area contributed by atoms with Gasteiger partial charge < -0.3 is 19.8 Å². The fraction of sp³-hybridized carbons (Fsp3) is 0.556. The van der Waals surface area contributed by atoms with Gasteiger partial charge >= 0.3 is 12.1 Å². The van der Waals surface area contributed by atoms with E-state index in [4.69, 9.17) is 0 Å². The molecule has 0 saturated carbocycles. The van der Waals surface area contributed by atoms with Crippen LogP contribution in [0.25, 0.3) is 0 Å². The van der Waals surface area contributed by atoms with Crippen LogP contribution in [0.4, 0.5) is 9.59 Å². The lowest BCUT2D eigenvalue weighted by atomic mass is 9.94. The van der Waals surface area contributed by atoms with Crippen molar-refractivity contribution in [1.29, 1.82) is 0 Å². The quantitative estimate of drug-likeness (QED) is 0.793. The first kappa shape index (κ1) is 20.4. The van der Waals surface area contributed by atoms with Gasteiger partial charge in [0.1, 0.15) is 0 Å². The monoisotopic (exact) mass is 410 g/mol. The van der Waals surface area contributed by atoms with Crippen molar-refractivity contribution in [3.05, 3.63) is 35.9 Å². The van der Waals surface area contributed by atoms with Crippen molar-refractivity contribution in [1.82, 2.24) is 19.0 Å². The van der Waals surface area contributed by atoms with E-state index in [1.807, 2.05) is 30.3 Å². The highest BCUT2D eigenvalue weighted by Crippen LogP contribution is 2.31. The molecule has 0 bridgehead atoms. The first-order valence-corrected chi connectivity index (χ1v) is 11.0. The number of piperazine rings is 1. The normalized spacial score (nSPS) is 23.6. The van der Waals surface area contributed by atoms with Gasteiger partial charge in [0.2, 0.25) is 10.0 Å². The molecule has 9 nitrogen and oxygen atoms in total. The second-order valence-electron chi connectivity index (χ2n) is 7.31. The molecule has 154 valence electrons. The minimum Gasteiger partial charge on any atom is -0.465 e. The number of amides is 3. The summed E-state index contributed by atoms with van der Waals surface area (Å²) in [6.07, 6.45) is 0.142. The fourth-order valence-electron chi connectivity index (χ4n) is 3.92. The molecular formula is C18H26N4O5S. The zero-order valence-corrected chi connectivity index (χ0v) is 16.9. The summed E-state index contributed by atoms with van der Waals surface area (Å²) in [5.41, 5.74) is 0.998. The number of carbonyl (C=O) groups excluding carboxylic acids is 1. The maximum Gasteiger partial charge on any atom is 0.407 e. The van der Waals surface area contributed by atoms with E-state index in [-0.39, 0.29) is 31.1 Å². The van der Waals surface area contributed by atoms with E-state index in [0.717, 1.165) is 5.56 Å². The third kappa shape index (κ3) is 4.22. The lowest BCUT2D eigenvalue weighted by molar-refractivity contribution is 0.128. The van der Waals surface area contributed by atoms with Crippen molar-refractivity contribution >= 4 is 22.1 Å². The van der Waals surface area contributed by atoms with E-state index < -0.39 is 16.1 Å². The Morgan fingerprint density at radius 1 is 1.04 bits per heavy atom. The van der Waals surface area contributed by atoms with Crippen LogP contribution in [0.15, 0.2) is 30.3 Å². The first-order chi connectivity index (χ1) is 13.2. The van der Waals surface area contributed by atoms with Crippen LogP contribution in [0, 0.1) is 0 Å². The molecule has 10 heteroatoms. The minimum atomic E-state index is -3.26. The lowest BCUT2D eigenvalue weighted by Crippen LogP contribution is -2.53. The SMILES string of the molecule is CN(C(=O)O)C1CN(C(=O)N2CCN(S(C)(=O)=O)CC2)CC1c1ccccc1. The second-order valence-corrected chi connectivity index (χ2v) is 9.30. The van der Waals surface area contributed by atoms with Crippen LogP contribution in [0.5, 0.6) is 0 Å². The van der Waals surface area contributed by atoms with Gasteiger partial charge in [0.15, 0.2) is 0 Å². The molecule has 2 unspecified atom stereocenters. The summed E-state index contributed by atoms with van der Waals surface area (Å²) in [7, 11) is -1.73. The van der Waals surface area contributed by atoms with E-state index in [1.54, 1.807) is 9.80 Å². The third-order valence-electron chi connectivity index (χ3n) is 5.56. The van der Waals surface area contributed by atoms with Crippen LogP contribution in [0.3, 0.4) is 0 Å². The average molecular weight is 410 g/mol. The summed E-state index contributed by atoms with van der Waals surface area (Å²) in [5, 5.41) is 9.44. The van der Waals surface area contributed by atoms with Gasteiger partial charge in [0, 0.05) is 52.2 Å². The van der Waals surface area contributed by atoms with Crippen LogP contribution >= 0.6 is 0 Å². The molecule has 0 radical (unpaired) electrons. The van der Waals surface area contributed by atoms with Gasteiger partial charge in [0.05, 0.1) is 12.3 Å². The van der Waals surface area contributed by atoms with E-state index in [9.17, 15) is 23.1 Å². The molecule has 0 aromatic heterocycles. The highest BCUT2D eigenvalue weighted by Gasteiger charge is 2.41. The zero-order valence-electron chi connectivity index (χ0n) is 16.1. The van der Waals surface area contributed by atoms with Crippen molar-refractivity contribution in [2.24, 2.45) is 0 Å². The van der Waals surface area contributed by atoms with E-state index in [0.29, 0.717) is 26.2 Å². The Morgan fingerprint density at radius 3 is 2.18 bits per heavy atom. The van der Waals surface area contributed by atoms with Crippen LogP contribution in [-0.4, -0.2) is 103 Å². The molecular weight excluding hydrogens is 384 g/mol. The van der Waals surface area contributed by atoms with Crippen molar-refractivity contribution in [3.63, 3.8) is 0 Å². The molecule has 0 aliphatic carbocycles. The summed E-state index contributed by atoms with van der Waals surface area (Å²) in [6, 6.07) is 9.11. The summed E-state index contributed by atoms with van der Waals surface area (Å²) >= 11 is 0. The first-order valence-electron chi connectivity index (χ1n) is 9.18. The summed E-state index contributed by atoms with van der Waals surface area (Å²) < 4.78 is 24.7. The number of sulfonamides is 1. The van der Waals surface area contributed by atoms with Crippen molar-refractivity contribution < 1.29 is 23.1 Å². The number of nitrogens with zero attached hydrogens (tertiary/aromatic N) is 4. The van der Waals surface area contributed by atoms with E-state index in [1.165, 1.54) is 22.5 Å². The Kier molecular flexibility index (Phi) is 5.80. The molecule has 2 aliphatic heterocycles. The van der Waals surface area contributed by atoms with Crippen LogP contribution < -0.4 is 0 Å². The zero-order chi connectivity index (χ0) is 20.5. The summed E-state index contributed by atoms with van der Waals surface area (Å²) in [5.74, 6) is -0.108. The number of urea groups is 1. The van der Waals surface area contributed by atoms with Crippen molar-refractivity contribution in [2.45, 2.75) is 12.0 Å². The smallest absolute Gasteiger partial charge is 0.407 e.